The van der Waals surface area contributed by atoms with Crippen molar-refractivity contribution in [1.82, 2.24) is 10.2 Å². The lowest BCUT2D eigenvalue weighted by Gasteiger charge is -2.33. The van der Waals surface area contributed by atoms with E-state index in [1.807, 2.05) is 45.0 Å². The number of benzene rings is 3. The van der Waals surface area contributed by atoms with Gasteiger partial charge in [0.15, 0.2) is 0 Å². The van der Waals surface area contributed by atoms with Crippen molar-refractivity contribution in [2.75, 3.05) is 10.8 Å². The SMILES string of the molecule is CC[C@@H](C)NC(=O)[C@H](CC)N(Cc1ccc(C)cc1)C(=O)CN(c1ccc([N+](=O)[O-])cc1)S(=O)(=O)c1ccccc1. The van der Waals surface area contributed by atoms with Crippen molar-refractivity contribution in [3.05, 3.63) is 100 Å². The lowest BCUT2D eigenvalue weighted by Crippen LogP contribution is -2.53. The molecule has 3 aromatic carbocycles. The number of nitrogens with zero attached hydrogens (tertiary/aromatic N) is 3. The average Bonchev–Trinajstić information content (AvgIpc) is 2.97. The number of nitrogens with one attached hydrogen (secondary N) is 1. The van der Waals surface area contributed by atoms with Crippen molar-refractivity contribution < 1.29 is 22.9 Å². The van der Waals surface area contributed by atoms with E-state index in [2.05, 4.69) is 5.32 Å². The van der Waals surface area contributed by atoms with E-state index in [4.69, 9.17) is 0 Å². The summed E-state index contributed by atoms with van der Waals surface area (Å²) in [7, 11) is -4.25. The highest BCUT2D eigenvalue weighted by molar-refractivity contribution is 7.92. The second-order valence-corrected chi connectivity index (χ2v) is 11.7. The number of hydrogen-bond acceptors (Lipinski definition) is 6. The van der Waals surface area contributed by atoms with Gasteiger partial charge in [-0.2, -0.15) is 0 Å². The van der Waals surface area contributed by atoms with E-state index in [1.165, 1.54) is 41.3 Å². The van der Waals surface area contributed by atoms with E-state index in [9.17, 15) is 28.1 Å². The molecule has 0 radical (unpaired) electrons. The first kappa shape index (κ1) is 31.3. The molecule has 3 rings (SSSR count). The Morgan fingerprint density at radius 3 is 2.07 bits per heavy atom. The highest BCUT2D eigenvalue weighted by Crippen LogP contribution is 2.26. The minimum absolute atomic E-state index is 0.0437. The molecule has 11 heteroatoms. The fourth-order valence-electron chi connectivity index (χ4n) is 4.24. The zero-order valence-electron chi connectivity index (χ0n) is 23.7. The zero-order chi connectivity index (χ0) is 30.2. The maximum absolute atomic E-state index is 14.0. The van der Waals surface area contributed by atoms with Crippen LogP contribution < -0.4 is 9.62 Å². The second kappa shape index (κ2) is 13.9. The summed E-state index contributed by atoms with van der Waals surface area (Å²) < 4.78 is 28.5. The van der Waals surface area contributed by atoms with Gasteiger partial charge in [0.2, 0.25) is 11.8 Å². The summed E-state index contributed by atoms with van der Waals surface area (Å²) in [4.78, 5) is 39.3. The third kappa shape index (κ3) is 7.91. The van der Waals surface area contributed by atoms with Crippen LogP contribution in [0.2, 0.25) is 0 Å². The van der Waals surface area contributed by atoms with E-state index in [0.717, 1.165) is 15.4 Å². The van der Waals surface area contributed by atoms with Gasteiger partial charge in [0.1, 0.15) is 12.6 Å². The average molecular weight is 581 g/mol. The molecule has 0 heterocycles. The van der Waals surface area contributed by atoms with Gasteiger partial charge in [-0.25, -0.2) is 8.42 Å². The highest BCUT2D eigenvalue weighted by atomic mass is 32.2. The Kier molecular flexibility index (Phi) is 10.6. The first-order valence-electron chi connectivity index (χ1n) is 13.5. The van der Waals surface area contributed by atoms with Crippen LogP contribution in [0.4, 0.5) is 11.4 Å². The van der Waals surface area contributed by atoms with Gasteiger partial charge in [0.05, 0.1) is 15.5 Å². The summed E-state index contributed by atoms with van der Waals surface area (Å²) in [6.45, 7) is 7.03. The number of hydrogen-bond donors (Lipinski definition) is 1. The fraction of sp³-hybridized carbons (Fsp3) is 0.333. The largest absolute Gasteiger partial charge is 0.352 e. The summed E-state index contributed by atoms with van der Waals surface area (Å²) in [6, 6.07) is 19.2. The monoisotopic (exact) mass is 580 g/mol. The third-order valence-electron chi connectivity index (χ3n) is 6.82. The molecule has 2 atom stereocenters. The zero-order valence-corrected chi connectivity index (χ0v) is 24.5. The van der Waals surface area contributed by atoms with E-state index in [0.29, 0.717) is 12.8 Å². The lowest BCUT2D eigenvalue weighted by molar-refractivity contribution is -0.384. The molecule has 3 aromatic rings. The predicted molar refractivity (Wildman–Crippen MR) is 158 cm³/mol. The molecular formula is C30H36N4O6S. The number of aryl methyl sites for hydroxylation is 1. The smallest absolute Gasteiger partial charge is 0.269 e. The van der Waals surface area contributed by atoms with Crippen LogP contribution in [0.5, 0.6) is 0 Å². The number of carbonyl (C=O) groups excluding carboxylic acids is 2. The number of anilines is 1. The first-order valence-corrected chi connectivity index (χ1v) is 14.9. The van der Waals surface area contributed by atoms with Crippen molar-refractivity contribution in [2.24, 2.45) is 0 Å². The van der Waals surface area contributed by atoms with Gasteiger partial charge in [-0.3, -0.25) is 24.0 Å². The topological polar surface area (TPSA) is 130 Å². The normalized spacial score (nSPS) is 12.7. The minimum atomic E-state index is -4.25. The number of sulfonamides is 1. The van der Waals surface area contributed by atoms with Crippen molar-refractivity contribution >= 4 is 33.2 Å². The second-order valence-electron chi connectivity index (χ2n) is 9.85. The van der Waals surface area contributed by atoms with Gasteiger partial charge in [0, 0.05) is 24.7 Å². The molecule has 10 nitrogen and oxygen atoms in total. The molecule has 0 saturated carbocycles. The molecule has 2 amide bonds. The quantitative estimate of drug-likeness (QED) is 0.228. The van der Waals surface area contributed by atoms with E-state index < -0.39 is 33.4 Å². The summed E-state index contributed by atoms with van der Waals surface area (Å²) in [6.07, 6.45) is 1.01. The molecule has 0 fully saturated rings. The summed E-state index contributed by atoms with van der Waals surface area (Å²) in [5.41, 5.74) is 1.68. The molecule has 0 aliphatic rings. The number of non-ortho nitro benzene ring substituents is 1. The van der Waals surface area contributed by atoms with Crippen LogP contribution in [0.15, 0.2) is 83.8 Å². The Labute approximate surface area is 241 Å². The number of nitro groups is 1. The standard InChI is InChI=1S/C30H36N4O6S/c1-5-23(4)31-30(36)28(6-2)32(20-24-14-12-22(3)13-15-24)29(35)21-33(25-16-18-26(19-17-25)34(37)38)41(39,40)27-10-8-7-9-11-27/h7-19,23,28H,5-6,20-21H2,1-4H3,(H,31,36)/t23-,28+/m1/s1. The van der Waals surface area contributed by atoms with Crippen LogP contribution in [0, 0.1) is 17.0 Å². The number of nitro benzene ring substituents is 1. The molecule has 0 aliphatic heterocycles. The van der Waals surface area contributed by atoms with Crippen LogP contribution >= 0.6 is 0 Å². The van der Waals surface area contributed by atoms with Crippen LogP contribution in [0.25, 0.3) is 0 Å². The number of carbonyl (C=O) groups is 2. The number of rotatable bonds is 13. The fourth-order valence-corrected chi connectivity index (χ4v) is 5.68. The molecule has 0 spiro atoms. The Balaban J connectivity index is 2.06. The maximum atomic E-state index is 14.0. The molecule has 0 saturated heterocycles. The van der Waals surface area contributed by atoms with Crippen molar-refractivity contribution in [3.63, 3.8) is 0 Å². The molecule has 0 bridgehead atoms. The van der Waals surface area contributed by atoms with Gasteiger partial charge in [-0.15, -0.1) is 0 Å². The van der Waals surface area contributed by atoms with Gasteiger partial charge >= 0.3 is 0 Å². The molecule has 41 heavy (non-hydrogen) atoms. The van der Waals surface area contributed by atoms with Gasteiger partial charge < -0.3 is 10.2 Å². The number of amides is 2. The molecule has 1 N–H and O–H groups in total. The van der Waals surface area contributed by atoms with Crippen molar-refractivity contribution in [3.8, 4) is 0 Å². The lowest BCUT2D eigenvalue weighted by atomic mass is 10.1. The summed E-state index contributed by atoms with van der Waals surface area (Å²) in [5, 5.41) is 14.1. The van der Waals surface area contributed by atoms with Crippen LogP contribution in [-0.4, -0.2) is 48.7 Å². The molecule has 0 aromatic heterocycles. The van der Waals surface area contributed by atoms with E-state index >= 15 is 0 Å². The van der Waals surface area contributed by atoms with Gasteiger partial charge in [0.25, 0.3) is 15.7 Å². The van der Waals surface area contributed by atoms with E-state index in [-0.39, 0.29) is 34.8 Å². The maximum Gasteiger partial charge on any atom is 0.269 e. The summed E-state index contributed by atoms with van der Waals surface area (Å²) in [5.74, 6) is -0.912. The van der Waals surface area contributed by atoms with Gasteiger partial charge in [-0.1, -0.05) is 61.9 Å². The van der Waals surface area contributed by atoms with Crippen molar-refractivity contribution in [1.29, 1.82) is 0 Å². The molecule has 218 valence electrons. The van der Waals surface area contributed by atoms with Crippen LogP contribution in [0.3, 0.4) is 0 Å². The molecular weight excluding hydrogens is 544 g/mol. The minimum Gasteiger partial charge on any atom is -0.352 e. The Hall–Kier alpha value is -4.25. The summed E-state index contributed by atoms with van der Waals surface area (Å²) >= 11 is 0. The molecule has 0 unspecified atom stereocenters. The van der Waals surface area contributed by atoms with Gasteiger partial charge in [-0.05, 0) is 56.5 Å². The van der Waals surface area contributed by atoms with Crippen LogP contribution in [0.1, 0.15) is 44.7 Å². The molecule has 0 aliphatic carbocycles. The third-order valence-corrected chi connectivity index (χ3v) is 8.61. The Morgan fingerprint density at radius 2 is 1.54 bits per heavy atom. The van der Waals surface area contributed by atoms with Crippen LogP contribution in [-0.2, 0) is 26.2 Å². The highest BCUT2D eigenvalue weighted by Gasteiger charge is 2.34. The van der Waals surface area contributed by atoms with Crippen molar-refractivity contribution in [2.45, 2.75) is 64.1 Å². The predicted octanol–water partition coefficient (Wildman–Crippen LogP) is 4.82. The Bertz CT molecular complexity index is 1440. The first-order chi connectivity index (χ1) is 19.5. The van der Waals surface area contributed by atoms with E-state index in [1.54, 1.807) is 25.1 Å². The Morgan fingerprint density at radius 1 is 0.927 bits per heavy atom.